The summed E-state index contributed by atoms with van der Waals surface area (Å²) in [6.45, 7) is -0.115. The zero-order valence-electron chi connectivity index (χ0n) is 16.5. The molecule has 1 saturated heterocycles. The minimum absolute atomic E-state index is 0.0429. The Bertz CT molecular complexity index is 794. The summed E-state index contributed by atoms with van der Waals surface area (Å²) in [5.74, 6) is -1.18. The van der Waals surface area contributed by atoms with Crippen molar-refractivity contribution in [3.8, 4) is 0 Å². The first-order valence-corrected chi connectivity index (χ1v) is 9.54. The summed E-state index contributed by atoms with van der Waals surface area (Å²) in [6, 6.07) is 3.06. The van der Waals surface area contributed by atoms with Crippen molar-refractivity contribution in [2.24, 2.45) is 0 Å². The van der Waals surface area contributed by atoms with Gasteiger partial charge in [-0.25, -0.2) is 0 Å². The van der Waals surface area contributed by atoms with E-state index in [0.29, 0.717) is 31.1 Å². The summed E-state index contributed by atoms with van der Waals surface area (Å²) in [7, 11) is 1.08. The molecule has 0 bridgehead atoms. The molecule has 1 N–H and O–H groups in total. The van der Waals surface area contributed by atoms with Crippen LogP contribution < -0.4 is 5.32 Å². The number of carbonyl (C=O) groups is 2. The van der Waals surface area contributed by atoms with Crippen LogP contribution in [0.2, 0.25) is 5.02 Å². The second-order valence-electron chi connectivity index (χ2n) is 7.16. The molecule has 0 aromatic heterocycles. The molecular weight excluding hydrogens is 454 g/mol. The molecule has 1 aliphatic rings. The van der Waals surface area contributed by atoms with Crippen LogP contribution in [-0.2, 0) is 15.8 Å². The van der Waals surface area contributed by atoms with Crippen LogP contribution >= 0.6 is 11.6 Å². The van der Waals surface area contributed by atoms with E-state index in [1.54, 1.807) is 9.80 Å². The van der Waals surface area contributed by atoms with Crippen LogP contribution in [0.1, 0.15) is 5.56 Å². The molecule has 31 heavy (non-hydrogen) atoms. The molecule has 6 nitrogen and oxygen atoms in total. The molecule has 2 amide bonds. The average molecular weight is 475 g/mol. The molecule has 0 unspecified atom stereocenters. The minimum atomic E-state index is -4.65. The maximum atomic E-state index is 12.9. The fourth-order valence-electron chi connectivity index (χ4n) is 3.00. The van der Waals surface area contributed by atoms with Crippen molar-refractivity contribution in [3.63, 3.8) is 0 Å². The van der Waals surface area contributed by atoms with Crippen LogP contribution in [0.5, 0.6) is 0 Å². The summed E-state index contributed by atoms with van der Waals surface area (Å²) in [6.07, 6.45) is -9.12. The van der Waals surface area contributed by atoms with Gasteiger partial charge in [-0.1, -0.05) is 11.6 Å². The number of piperazine rings is 1. The van der Waals surface area contributed by atoms with Crippen LogP contribution in [-0.4, -0.2) is 85.6 Å². The molecule has 1 aliphatic heterocycles. The Hall–Kier alpha value is -2.05. The van der Waals surface area contributed by atoms with E-state index in [-0.39, 0.29) is 18.8 Å². The average Bonchev–Trinajstić information content (AvgIpc) is 2.62. The standard InChI is InChI=1S/C18H21ClF6N4O2/c1-27(11-17(20,21)22)16(31)10-29-6-4-28(5-7-29)9-15(30)26-12-2-3-14(19)13(8-12)18(23,24)25/h2-3,8H,4-7,9-11H2,1H3,(H,26,30). The zero-order valence-corrected chi connectivity index (χ0v) is 17.2. The van der Waals surface area contributed by atoms with Crippen LogP contribution in [0, 0.1) is 0 Å². The smallest absolute Gasteiger partial charge is 0.336 e. The van der Waals surface area contributed by atoms with Gasteiger partial charge < -0.3 is 10.2 Å². The van der Waals surface area contributed by atoms with E-state index in [1.165, 1.54) is 6.07 Å². The predicted octanol–water partition coefficient (Wildman–Crippen LogP) is 2.94. The van der Waals surface area contributed by atoms with Crippen LogP contribution in [0.25, 0.3) is 0 Å². The Morgan fingerprint density at radius 2 is 1.58 bits per heavy atom. The molecule has 174 valence electrons. The highest BCUT2D eigenvalue weighted by molar-refractivity contribution is 6.31. The van der Waals surface area contributed by atoms with Crippen molar-refractivity contribution in [1.29, 1.82) is 0 Å². The summed E-state index contributed by atoms with van der Waals surface area (Å²) in [4.78, 5) is 28.1. The summed E-state index contributed by atoms with van der Waals surface area (Å²) < 4.78 is 75.8. The van der Waals surface area contributed by atoms with Gasteiger partial charge in [0, 0.05) is 38.9 Å². The first-order chi connectivity index (χ1) is 14.2. The van der Waals surface area contributed by atoms with E-state index in [0.717, 1.165) is 19.2 Å². The van der Waals surface area contributed by atoms with Gasteiger partial charge in [-0.3, -0.25) is 19.4 Å². The molecule has 0 radical (unpaired) electrons. The Morgan fingerprint density at radius 3 is 2.10 bits per heavy atom. The molecule has 0 atom stereocenters. The maximum absolute atomic E-state index is 12.9. The van der Waals surface area contributed by atoms with Crippen molar-refractivity contribution >= 4 is 29.1 Å². The number of hydrogen-bond acceptors (Lipinski definition) is 4. The number of carbonyl (C=O) groups excluding carboxylic acids is 2. The van der Waals surface area contributed by atoms with Crippen molar-refractivity contribution in [1.82, 2.24) is 14.7 Å². The first-order valence-electron chi connectivity index (χ1n) is 9.16. The lowest BCUT2D eigenvalue weighted by Gasteiger charge is -2.34. The number of amides is 2. The van der Waals surface area contributed by atoms with Gasteiger partial charge in [-0.15, -0.1) is 0 Å². The van der Waals surface area contributed by atoms with E-state index in [9.17, 15) is 35.9 Å². The summed E-state index contributed by atoms with van der Waals surface area (Å²) >= 11 is 5.55. The molecule has 0 aliphatic carbocycles. The van der Waals surface area contributed by atoms with E-state index < -0.39 is 41.3 Å². The van der Waals surface area contributed by atoms with Gasteiger partial charge in [0.05, 0.1) is 23.7 Å². The normalized spacial score (nSPS) is 16.3. The van der Waals surface area contributed by atoms with E-state index >= 15 is 0 Å². The number of nitrogens with zero attached hydrogens (tertiary/aromatic N) is 3. The van der Waals surface area contributed by atoms with Crippen molar-refractivity contribution in [3.05, 3.63) is 28.8 Å². The van der Waals surface area contributed by atoms with E-state index in [4.69, 9.17) is 11.6 Å². The number of rotatable bonds is 6. The Balaban J connectivity index is 1.80. The van der Waals surface area contributed by atoms with Gasteiger partial charge in [0.25, 0.3) is 0 Å². The molecule has 0 saturated carbocycles. The zero-order chi connectivity index (χ0) is 23.4. The molecule has 13 heteroatoms. The minimum Gasteiger partial charge on any atom is -0.336 e. The number of nitrogens with one attached hydrogen (secondary N) is 1. The first kappa shape index (κ1) is 25.2. The molecular formula is C18H21ClF6N4O2. The van der Waals surface area contributed by atoms with Gasteiger partial charge in [0.15, 0.2) is 0 Å². The number of halogens is 7. The van der Waals surface area contributed by atoms with Gasteiger partial charge in [-0.05, 0) is 18.2 Å². The highest BCUT2D eigenvalue weighted by atomic mass is 35.5. The number of benzene rings is 1. The highest BCUT2D eigenvalue weighted by Gasteiger charge is 2.34. The lowest BCUT2D eigenvalue weighted by Crippen LogP contribution is -2.51. The van der Waals surface area contributed by atoms with Gasteiger partial charge in [0.2, 0.25) is 11.8 Å². The maximum Gasteiger partial charge on any atom is 0.417 e. The Morgan fingerprint density at radius 1 is 1.03 bits per heavy atom. The number of hydrogen-bond donors (Lipinski definition) is 1. The number of likely N-dealkylation sites (N-methyl/N-ethyl adjacent to an activating group) is 1. The van der Waals surface area contributed by atoms with Crippen LogP contribution in [0.4, 0.5) is 32.0 Å². The predicted molar refractivity (Wildman–Crippen MR) is 102 cm³/mol. The second-order valence-corrected chi connectivity index (χ2v) is 7.57. The monoisotopic (exact) mass is 474 g/mol. The summed E-state index contributed by atoms with van der Waals surface area (Å²) in [5, 5.41) is 1.91. The van der Waals surface area contributed by atoms with Crippen molar-refractivity contribution in [2.75, 3.05) is 58.2 Å². The third kappa shape index (κ3) is 8.19. The van der Waals surface area contributed by atoms with Crippen molar-refractivity contribution in [2.45, 2.75) is 12.4 Å². The van der Waals surface area contributed by atoms with Gasteiger partial charge >= 0.3 is 12.4 Å². The Kier molecular flexibility index (Phi) is 8.17. The fourth-order valence-corrected chi connectivity index (χ4v) is 3.22. The lowest BCUT2D eigenvalue weighted by atomic mass is 10.2. The quantitative estimate of drug-likeness (QED) is 0.644. The third-order valence-corrected chi connectivity index (χ3v) is 4.92. The van der Waals surface area contributed by atoms with Gasteiger partial charge in [-0.2, -0.15) is 26.3 Å². The topological polar surface area (TPSA) is 55.9 Å². The SMILES string of the molecule is CN(CC(F)(F)F)C(=O)CN1CCN(CC(=O)Nc2ccc(Cl)c(C(F)(F)F)c2)CC1. The fraction of sp³-hybridized carbons (Fsp3) is 0.556. The largest absolute Gasteiger partial charge is 0.417 e. The molecule has 2 rings (SSSR count). The molecule has 1 aromatic rings. The van der Waals surface area contributed by atoms with Crippen molar-refractivity contribution < 1.29 is 35.9 Å². The molecule has 0 spiro atoms. The highest BCUT2D eigenvalue weighted by Crippen LogP contribution is 2.36. The molecule has 1 aromatic carbocycles. The number of anilines is 1. The summed E-state index contributed by atoms with van der Waals surface area (Å²) in [5.41, 5.74) is -1.10. The van der Waals surface area contributed by atoms with E-state index in [1.807, 2.05) is 0 Å². The van der Waals surface area contributed by atoms with Gasteiger partial charge in [0.1, 0.15) is 6.54 Å². The third-order valence-electron chi connectivity index (χ3n) is 4.59. The Labute approximate surface area is 179 Å². The van der Waals surface area contributed by atoms with Crippen LogP contribution in [0.15, 0.2) is 18.2 Å². The number of alkyl halides is 6. The second kappa shape index (κ2) is 10.0. The molecule has 1 fully saturated rings. The van der Waals surface area contributed by atoms with E-state index in [2.05, 4.69) is 5.32 Å². The lowest BCUT2D eigenvalue weighted by molar-refractivity contribution is -0.159. The van der Waals surface area contributed by atoms with Crippen LogP contribution in [0.3, 0.4) is 0 Å². The molecule has 1 heterocycles.